The van der Waals surface area contributed by atoms with Gasteiger partial charge in [-0.25, -0.2) is 0 Å². The molecule has 4 fully saturated rings. The molecule has 1 nitrogen and oxygen atoms in total. The van der Waals surface area contributed by atoms with Crippen LogP contribution in [0.2, 0.25) is 0 Å². The second kappa shape index (κ2) is 7.44. The highest BCUT2D eigenvalue weighted by Gasteiger charge is 2.58. The van der Waals surface area contributed by atoms with Gasteiger partial charge in [0, 0.05) is 0 Å². The summed E-state index contributed by atoms with van der Waals surface area (Å²) in [5.74, 6) is 4.91. The molecule has 3 unspecified atom stereocenters. The van der Waals surface area contributed by atoms with E-state index in [0.29, 0.717) is 10.8 Å². The van der Waals surface area contributed by atoms with Crippen molar-refractivity contribution in [2.24, 2.45) is 40.4 Å². The maximum Gasteiger partial charge on any atom is 0.0577 e. The molecule has 158 valence electrons. The van der Waals surface area contributed by atoms with Gasteiger partial charge in [0.1, 0.15) is 0 Å². The zero-order valence-corrected chi connectivity index (χ0v) is 18.6. The number of rotatable bonds is 5. The van der Waals surface area contributed by atoms with Crippen LogP contribution < -0.4 is 0 Å². The first-order valence-electron chi connectivity index (χ1n) is 12.9. The second-order valence-electron chi connectivity index (χ2n) is 12.1. The summed E-state index contributed by atoms with van der Waals surface area (Å²) in [6, 6.07) is 0. The first-order chi connectivity index (χ1) is 13.5. The van der Waals surface area contributed by atoms with E-state index < -0.39 is 0 Å². The predicted molar refractivity (Wildman–Crippen MR) is 117 cm³/mol. The van der Waals surface area contributed by atoms with Crippen LogP contribution in [0.1, 0.15) is 110 Å². The Kier molecular flexibility index (Phi) is 5.22. The summed E-state index contributed by atoms with van der Waals surface area (Å²) in [5, 5.41) is 10.2. The Labute approximate surface area is 173 Å². The van der Waals surface area contributed by atoms with Crippen LogP contribution in [0.4, 0.5) is 0 Å². The standard InChI is InChI=1S/C27H44O/c1-26-17-15-25-23(12-10-21-18-22(28)14-16-27(21,25)2)24(26)13-11-20(26)9-4-3-6-19-7-5-8-19/h10,19-20,22-25,28H,3-9,11-18H2,1-2H3/t20-,22-,23?,24?,25?,26+,27-/m0/s1. The Morgan fingerprint density at radius 1 is 0.929 bits per heavy atom. The fourth-order valence-electron chi connectivity index (χ4n) is 8.83. The number of aliphatic hydroxyl groups is 1. The van der Waals surface area contributed by atoms with Crippen LogP contribution in [0, 0.1) is 40.4 Å². The first-order valence-corrected chi connectivity index (χ1v) is 12.9. The summed E-state index contributed by atoms with van der Waals surface area (Å²) in [6.45, 7) is 5.26. The highest BCUT2D eigenvalue weighted by atomic mass is 16.3. The van der Waals surface area contributed by atoms with Crippen molar-refractivity contribution in [1.29, 1.82) is 0 Å². The molecule has 0 heterocycles. The van der Waals surface area contributed by atoms with Gasteiger partial charge in [0.25, 0.3) is 0 Å². The molecular weight excluding hydrogens is 340 g/mol. The van der Waals surface area contributed by atoms with Gasteiger partial charge in [0.05, 0.1) is 6.10 Å². The van der Waals surface area contributed by atoms with E-state index in [1.165, 1.54) is 83.5 Å². The van der Waals surface area contributed by atoms with Gasteiger partial charge in [-0.05, 0) is 98.2 Å². The van der Waals surface area contributed by atoms with Gasteiger partial charge < -0.3 is 5.11 Å². The van der Waals surface area contributed by atoms with Crippen molar-refractivity contribution >= 4 is 0 Å². The Hall–Kier alpha value is -0.300. The lowest BCUT2D eigenvalue weighted by atomic mass is 9.47. The minimum Gasteiger partial charge on any atom is -0.393 e. The SMILES string of the molecule is C[C@]12CC[C@H](O)CC1=CCC1C2CC[C@@]2(C)C1CC[C@@H]2CCCCC1CCC1. The smallest absolute Gasteiger partial charge is 0.0577 e. The molecule has 5 rings (SSSR count). The van der Waals surface area contributed by atoms with Gasteiger partial charge in [-0.2, -0.15) is 0 Å². The third kappa shape index (κ3) is 3.14. The van der Waals surface area contributed by atoms with E-state index in [9.17, 15) is 5.11 Å². The van der Waals surface area contributed by atoms with Crippen molar-refractivity contribution in [2.45, 2.75) is 116 Å². The van der Waals surface area contributed by atoms with Crippen LogP contribution in [0.5, 0.6) is 0 Å². The third-order valence-electron chi connectivity index (χ3n) is 10.9. The van der Waals surface area contributed by atoms with Gasteiger partial charge in [0.2, 0.25) is 0 Å². The molecule has 0 aromatic heterocycles. The highest BCUT2D eigenvalue weighted by molar-refractivity contribution is 5.25. The fourth-order valence-corrected chi connectivity index (χ4v) is 8.83. The highest BCUT2D eigenvalue weighted by Crippen LogP contribution is 2.66. The normalized spacial score (nSPS) is 48.2. The second-order valence-corrected chi connectivity index (χ2v) is 12.1. The molecule has 1 heteroatoms. The van der Waals surface area contributed by atoms with Crippen LogP contribution in [0.3, 0.4) is 0 Å². The number of fused-ring (bicyclic) bond motifs is 5. The monoisotopic (exact) mass is 384 g/mol. The lowest BCUT2D eigenvalue weighted by molar-refractivity contribution is -0.0509. The van der Waals surface area contributed by atoms with E-state index in [2.05, 4.69) is 19.9 Å². The Balaban J connectivity index is 1.24. The minimum atomic E-state index is -0.0690. The number of allylic oxidation sites excluding steroid dienone is 1. The summed E-state index contributed by atoms with van der Waals surface area (Å²) in [5.41, 5.74) is 2.67. The molecule has 0 amide bonds. The summed E-state index contributed by atoms with van der Waals surface area (Å²) < 4.78 is 0. The van der Waals surface area contributed by atoms with Crippen molar-refractivity contribution in [1.82, 2.24) is 0 Å². The van der Waals surface area contributed by atoms with Crippen LogP contribution in [0.25, 0.3) is 0 Å². The lowest BCUT2D eigenvalue weighted by Crippen LogP contribution is -2.50. The molecule has 0 spiro atoms. The molecule has 0 aliphatic heterocycles. The summed E-state index contributed by atoms with van der Waals surface area (Å²) in [7, 11) is 0. The lowest BCUT2D eigenvalue weighted by Gasteiger charge is -2.58. The molecule has 28 heavy (non-hydrogen) atoms. The molecular formula is C27H44O. The first kappa shape index (κ1) is 19.7. The van der Waals surface area contributed by atoms with Crippen molar-refractivity contribution in [3.05, 3.63) is 11.6 Å². The summed E-state index contributed by atoms with van der Waals surface area (Å²) >= 11 is 0. The van der Waals surface area contributed by atoms with Gasteiger partial charge in [-0.1, -0.05) is 64.0 Å². The van der Waals surface area contributed by atoms with Gasteiger partial charge in [-0.15, -0.1) is 0 Å². The topological polar surface area (TPSA) is 20.2 Å². The number of hydrogen-bond donors (Lipinski definition) is 1. The van der Waals surface area contributed by atoms with Crippen molar-refractivity contribution < 1.29 is 5.11 Å². The van der Waals surface area contributed by atoms with Crippen molar-refractivity contribution in [2.75, 3.05) is 0 Å². The van der Waals surface area contributed by atoms with E-state index in [4.69, 9.17) is 0 Å². The maximum atomic E-state index is 10.2. The molecule has 4 saturated carbocycles. The molecule has 0 aromatic carbocycles. The molecule has 0 saturated heterocycles. The average molecular weight is 385 g/mol. The van der Waals surface area contributed by atoms with Gasteiger partial charge >= 0.3 is 0 Å². The predicted octanol–water partition coefficient (Wildman–Crippen LogP) is 7.29. The Morgan fingerprint density at radius 2 is 1.75 bits per heavy atom. The van der Waals surface area contributed by atoms with E-state index in [1.54, 1.807) is 5.57 Å². The largest absolute Gasteiger partial charge is 0.393 e. The summed E-state index contributed by atoms with van der Waals surface area (Å²) in [4.78, 5) is 0. The zero-order chi connectivity index (χ0) is 19.4. The van der Waals surface area contributed by atoms with E-state index >= 15 is 0 Å². The van der Waals surface area contributed by atoms with Crippen LogP contribution >= 0.6 is 0 Å². The molecule has 7 atom stereocenters. The molecule has 0 radical (unpaired) electrons. The average Bonchev–Trinajstić information content (AvgIpc) is 2.97. The molecule has 5 aliphatic carbocycles. The van der Waals surface area contributed by atoms with Crippen molar-refractivity contribution in [3.63, 3.8) is 0 Å². The van der Waals surface area contributed by atoms with Crippen LogP contribution in [-0.2, 0) is 0 Å². The van der Waals surface area contributed by atoms with E-state index in [1.807, 2.05) is 0 Å². The van der Waals surface area contributed by atoms with Gasteiger partial charge in [-0.3, -0.25) is 0 Å². The minimum absolute atomic E-state index is 0.0690. The van der Waals surface area contributed by atoms with Crippen LogP contribution in [0.15, 0.2) is 11.6 Å². The Morgan fingerprint density at radius 3 is 2.54 bits per heavy atom. The maximum absolute atomic E-state index is 10.2. The number of unbranched alkanes of at least 4 members (excludes halogenated alkanes) is 1. The zero-order valence-electron chi connectivity index (χ0n) is 18.6. The quantitative estimate of drug-likeness (QED) is 0.390. The van der Waals surface area contributed by atoms with Crippen molar-refractivity contribution in [3.8, 4) is 0 Å². The number of hydrogen-bond acceptors (Lipinski definition) is 1. The Bertz CT molecular complexity index is 603. The summed E-state index contributed by atoms with van der Waals surface area (Å²) in [6.07, 6.45) is 23.6. The van der Waals surface area contributed by atoms with Crippen LogP contribution in [-0.4, -0.2) is 11.2 Å². The molecule has 0 bridgehead atoms. The van der Waals surface area contributed by atoms with E-state index in [-0.39, 0.29) is 6.10 Å². The molecule has 1 N–H and O–H groups in total. The number of aliphatic hydroxyl groups excluding tert-OH is 1. The molecule has 5 aliphatic rings. The fraction of sp³-hybridized carbons (Fsp3) is 0.926. The third-order valence-corrected chi connectivity index (χ3v) is 10.9. The van der Waals surface area contributed by atoms with Gasteiger partial charge in [0.15, 0.2) is 0 Å². The van der Waals surface area contributed by atoms with E-state index in [0.717, 1.165) is 42.4 Å². The molecule has 0 aromatic rings.